The third-order valence-corrected chi connectivity index (χ3v) is 1.41. The molecule has 0 heterocycles. The maximum Gasteiger partial charge on any atom is 0.154 e. The lowest BCUT2D eigenvalue weighted by atomic mass is 9.96. The van der Waals surface area contributed by atoms with E-state index in [2.05, 4.69) is 0 Å². The molecule has 0 aliphatic heterocycles. The molecule has 0 aliphatic rings. The van der Waals surface area contributed by atoms with E-state index in [4.69, 9.17) is 10.2 Å². The zero-order chi connectivity index (χ0) is 8.20. The maximum atomic E-state index is 9.36. The van der Waals surface area contributed by atoms with E-state index in [0.717, 1.165) is 6.42 Å². The molecule has 0 rings (SSSR count). The van der Waals surface area contributed by atoms with Crippen LogP contribution in [0.3, 0.4) is 0 Å². The smallest absolute Gasteiger partial charge is 0.154 e. The van der Waals surface area contributed by atoms with Crippen LogP contribution in [0.2, 0.25) is 0 Å². The van der Waals surface area contributed by atoms with Crippen LogP contribution in [0.25, 0.3) is 0 Å². The first kappa shape index (κ1) is 9.88. The van der Waals surface area contributed by atoms with Crippen molar-refractivity contribution in [1.82, 2.24) is 0 Å². The monoisotopic (exact) mass is 148 g/mol. The van der Waals surface area contributed by atoms with Crippen LogP contribution in [0.15, 0.2) is 0 Å². The predicted molar refractivity (Wildman–Crippen MR) is 38.4 cm³/mol. The minimum Gasteiger partial charge on any atom is -0.390 e. The predicted octanol–water partition coefficient (Wildman–Crippen LogP) is 0.238. The van der Waals surface area contributed by atoms with Gasteiger partial charge in [-0.1, -0.05) is 13.3 Å². The fraction of sp³-hybridized carbons (Fsp3) is 1.00. The summed E-state index contributed by atoms with van der Waals surface area (Å²) in [4.78, 5) is 0. The molecular weight excluding hydrogens is 132 g/mol. The van der Waals surface area contributed by atoms with Crippen molar-refractivity contribution < 1.29 is 15.3 Å². The van der Waals surface area contributed by atoms with Crippen molar-refractivity contribution in [2.75, 3.05) is 0 Å². The Morgan fingerprint density at radius 3 is 2.20 bits per heavy atom. The molecule has 0 aromatic heterocycles. The topological polar surface area (TPSA) is 60.7 Å². The van der Waals surface area contributed by atoms with Crippen molar-refractivity contribution >= 4 is 0 Å². The minimum atomic E-state index is -1.40. The van der Waals surface area contributed by atoms with Crippen molar-refractivity contribution in [3.63, 3.8) is 0 Å². The molecule has 1 atom stereocenters. The highest BCUT2D eigenvalue weighted by atomic mass is 16.5. The Bertz CT molecular complexity index is 88.9. The highest BCUT2D eigenvalue weighted by Gasteiger charge is 2.21. The quantitative estimate of drug-likeness (QED) is 0.500. The van der Waals surface area contributed by atoms with E-state index in [1.165, 1.54) is 0 Å². The van der Waals surface area contributed by atoms with Gasteiger partial charge in [-0.25, -0.2) is 0 Å². The van der Waals surface area contributed by atoms with Gasteiger partial charge in [0.25, 0.3) is 0 Å². The van der Waals surface area contributed by atoms with E-state index in [9.17, 15) is 5.11 Å². The van der Waals surface area contributed by atoms with E-state index in [-0.39, 0.29) is 6.42 Å². The van der Waals surface area contributed by atoms with Gasteiger partial charge in [-0.2, -0.15) is 0 Å². The average molecular weight is 148 g/mol. The van der Waals surface area contributed by atoms with Crippen LogP contribution in [0, 0.1) is 0 Å². The fourth-order valence-corrected chi connectivity index (χ4v) is 1.03. The summed E-state index contributed by atoms with van der Waals surface area (Å²) in [5, 5.41) is 26.4. The highest BCUT2D eigenvalue weighted by molar-refractivity contribution is 4.71. The van der Waals surface area contributed by atoms with E-state index in [1.807, 2.05) is 6.92 Å². The van der Waals surface area contributed by atoms with Crippen LogP contribution >= 0.6 is 0 Å². The first-order valence-corrected chi connectivity index (χ1v) is 3.56. The van der Waals surface area contributed by atoms with Gasteiger partial charge >= 0.3 is 0 Å². The van der Waals surface area contributed by atoms with Gasteiger partial charge in [0.05, 0.1) is 5.60 Å². The first-order valence-electron chi connectivity index (χ1n) is 3.56. The molecule has 3 nitrogen and oxygen atoms in total. The normalized spacial score (nSPS) is 17.4. The summed E-state index contributed by atoms with van der Waals surface area (Å²) in [5.41, 5.74) is -0.928. The molecule has 0 radical (unpaired) electrons. The minimum absolute atomic E-state index is 0.0286. The highest BCUT2D eigenvalue weighted by Crippen LogP contribution is 2.17. The van der Waals surface area contributed by atoms with Crippen LogP contribution in [0.1, 0.15) is 33.1 Å². The van der Waals surface area contributed by atoms with E-state index in [0.29, 0.717) is 6.42 Å². The van der Waals surface area contributed by atoms with Gasteiger partial charge in [-0.15, -0.1) is 0 Å². The van der Waals surface area contributed by atoms with Crippen LogP contribution in [-0.2, 0) is 0 Å². The van der Waals surface area contributed by atoms with Crippen LogP contribution in [0.5, 0.6) is 0 Å². The van der Waals surface area contributed by atoms with Crippen molar-refractivity contribution in [3.8, 4) is 0 Å². The summed E-state index contributed by atoms with van der Waals surface area (Å²) >= 11 is 0. The zero-order valence-electron chi connectivity index (χ0n) is 6.54. The molecular formula is C7H16O3. The second-order valence-electron chi connectivity index (χ2n) is 2.93. The van der Waals surface area contributed by atoms with E-state index < -0.39 is 11.9 Å². The lowest BCUT2D eigenvalue weighted by Crippen LogP contribution is -2.29. The molecule has 0 aromatic carbocycles. The van der Waals surface area contributed by atoms with Crippen LogP contribution in [-0.4, -0.2) is 27.2 Å². The Morgan fingerprint density at radius 2 is 1.90 bits per heavy atom. The molecule has 0 spiro atoms. The van der Waals surface area contributed by atoms with Crippen LogP contribution in [0.4, 0.5) is 0 Å². The maximum absolute atomic E-state index is 9.36. The molecule has 0 fully saturated rings. The Balaban J connectivity index is 3.63. The van der Waals surface area contributed by atoms with Crippen molar-refractivity contribution in [3.05, 3.63) is 0 Å². The molecule has 0 aliphatic carbocycles. The molecule has 1 unspecified atom stereocenters. The molecule has 0 saturated heterocycles. The number of aliphatic hydroxyl groups is 3. The molecule has 0 aromatic rings. The average Bonchev–Trinajstić information content (AvgIpc) is 1.59. The first-order chi connectivity index (χ1) is 4.48. The Labute approximate surface area is 61.3 Å². The third kappa shape index (κ3) is 4.73. The van der Waals surface area contributed by atoms with Gasteiger partial charge in [0.2, 0.25) is 0 Å². The molecule has 3 N–H and O–H groups in total. The van der Waals surface area contributed by atoms with Crippen molar-refractivity contribution in [1.29, 1.82) is 0 Å². The van der Waals surface area contributed by atoms with Crippen molar-refractivity contribution in [2.24, 2.45) is 0 Å². The second-order valence-corrected chi connectivity index (χ2v) is 2.93. The Kier molecular flexibility index (Phi) is 3.86. The third-order valence-electron chi connectivity index (χ3n) is 1.41. The van der Waals surface area contributed by atoms with Gasteiger partial charge in [0, 0.05) is 6.42 Å². The SMILES string of the molecule is CCCC(C)(O)CC(O)O. The molecule has 10 heavy (non-hydrogen) atoms. The largest absolute Gasteiger partial charge is 0.390 e. The number of hydrogen-bond donors (Lipinski definition) is 3. The summed E-state index contributed by atoms with van der Waals surface area (Å²) in [5.74, 6) is 0. The van der Waals surface area contributed by atoms with Gasteiger partial charge in [0.1, 0.15) is 0 Å². The van der Waals surface area contributed by atoms with Gasteiger partial charge in [0.15, 0.2) is 6.29 Å². The molecule has 62 valence electrons. The lowest BCUT2D eigenvalue weighted by Gasteiger charge is -2.22. The van der Waals surface area contributed by atoms with Gasteiger partial charge in [-0.05, 0) is 13.3 Å². The van der Waals surface area contributed by atoms with E-state index in [1.54, 1.807) is 6.92 Å². The second kappa shape index (κ2) is 3.91. The zero-order valence-corrected chi connectivity index (χ0v) is 6.54. The van der Waals surface area contributed by atoms with Crippen molar-refractivity contribution in [2.45, 2.75) is 45.0 Å². The fourth-order valence-electron chi connectivity index (χ4n) is 1.03. The summed E-state index contributed by atoms with van der Waals surface area (Å²) in [6.45, 7) is 3.55. The van der Waals surface area contributed by atoms with Gasteiger partial charge < -0.3 is 15.3 Å². The molecule has 0 saturated carbocycles. The Morgan fingerprint density at radius 1 is 1.40 bits per heavy atom. The summed E-state index contributed by atoms with van der Waals surface area (Å²) in [6, 6.07) is 0. The number of hydrogen-bond acceptors (Lipinski definition) is 3. The summed E-state index contributed by atoms with van der Waals surface area (Å²) in [7, 11) is 0. The molecule has 3 heteroatoms. The summed E-state index contributed by atoms with van der Waals surface area (Å²) in [6.07, 6.45) is 0.0760. The molecule has 0 bridgehead atoms. The number of aliphatic hydroxyl groups excluding tert-OH is 1. The lowest BCUT2D eigenvalue weighted by molar-refractivity contribution is -0.0990. The Hall–Kier alpha value is -0.120. The van der Waals surface area contributed by atoms with Gasteiger partial charge in [-0.3, -0.25) is 0 Å². The van der Waals surface area contributed by atoms with E-state index >= 15 is 0 Å². The standard InChI is InChI=1S/C7H16O3/c1-3-4-7(2,10)5-6(8)9/h6,8-10H,3-5H2,1-2H3. The summed E-state index contributed by atoms with van der Waals surface area (Å²) < 4.78 is 0. The molecule has 0 amide bonds. The van der Waals surface area contributed by atoms with Crippen LogP contribution < -0.4 is 0 Å². The number of rotatable bonds is 4.